The smallest absolute Gasteiger partial charge is 0.239 e. The number of amides is 1. The van der Waals surface area contributed by atoms with Crippen molar-refractivity contribution in [3.8, 4) is 0 Å². The van der Waals surface area contributed by atoms with E-state index in [2.05, 4.69) is 17.1 Å². The van der Waals surface area contributed by atoms with Crippen LogP contribution in [0.3, 0.4) is 0 Å². The summed E-state index contributed by atoms with van der Waals surface area (Å²) in [7, 11) is 1.91. The van der Waals surface area contributed by atoms with Crippen molar-refractivity contribution in [1.29, 1.82) is 0 Å². The number of nitrogens with one attached hydrogen (secondary N) is 1. The van der Waals surface area contributed by atoms with Crippen LogP contribution in [0.4, 0.5) is 0 Å². The molecule has 1 aliphatic carbocycles. The second kappa shape index (κ2) is 5.85. The fraction of sp³-hybridized carbons (Fsp3) is 0.929. The second-order valence-electron chi connectivity index (χ2n) is 5.70. The molecule has 1 saturated heterocycles. The van der Waals surface area contributed by atoms with E-state index >= 15 is 0 Å². The van der Waals surface area contributed by atoms with Gasteiger partial charge in [-0.3, -0.25) is 4.79 Å². The van der Waals surface area contributed by atoms with Crippen LogP contribution in [0.1, 0.15) is 51.9 Å². The molecule has 3 heteroatoms. The molecule has 1 heterocycles. The van der Waals surface area contributed by atoms with E-state index in [-0.39, 0.29) is 6.04 Å². The van der Waals surface area contributed by atoms with Crippen LogP contribution in [-0.2, 0) is 4.79 Å². The second-order valence-corrected chi connectivity index (χ2v) is 5.70. The van der Waals surface area contributed by atoms with Crippen LogP contribution < -0.4 is 5.32 Å². The molecular formula is C14H26N2O. The number of hydrogen-bond donors (Lipinski definition) is 1. The minimum atomic E-state index is 0.0687. The Hall–Kier alpha value is -0.570. The Labute approximate surface area is 105 Å². The first-order chi connectivity index (χ1) is 8.24. The van der Waals surface area contributed by atoms with Gasteiger partial charge < -0.3 is 10.2 Å². The molecule has 1 aliphatic heterocycles. The number of nitrogens with zero attached hydrogens (tertiary/aromatic N) is 1. The average Bonchev–Trinajstić information content (AvgIpc) is 2.55. The SMILES string of the molecule is CNC1CCCN(C2CCCCCC2C)C1=O. The first-order valence-corrected chi connectivity index (χ1v) is 7.21. The number of rotatable bonds is 2. The van der Waals surface area contributed by atoms with Crippen molar-refractivity contribution in [2.45, 2.75) is 64.0 Å². The van der Waals surface area contributed by atoms with E-state index in [4.69, 9.17) is 0 Å². The van der Waals surface area contributed by atoms with Crippen LogP contribution in [0.2, 0.25) is 0 Å². The molecule has 17 heavy (non-hydrogen) atoms. The van der Waals surface area contributed by atoms with Crippen molar-refractivity contribution >= 4 is 5.91 Å². The van der Waals surface area contributed by atoms with E-state index in [1.165, 1.54) is 32.1 Å². The Morgan fingerprint density at radius 1 is 1.12 bits per heavy atom. The van der Waals surface area contributed by atoms with E-state index in [9.17, 15) is 4.79 Å². The quantitative estimate of drug-likeness (QED) is 0.748. The monoisotopic (exact) mass is 238 g/mol. The van der Waals surface area contributed by atoms with Crippen molar-refractivity contribution in [1.82, 2.24) is 10.2 Å². The van der Waals surface area contributed by atoms with Gasteiger partial charge in [0.1, 0.15) is 0 Å². The van der Waals surface area contributed by atoms with Gasteiger partial charge in [0, 0.05) is 12.6 Å². The summed E-state index contributed by atoms with van der Waals surface area (Å²) >= 11 is 0. The first-order valence-electron chi connectivity index (χ1n) is 7.21. The highest BCUT2D eigenvalue weighted by Crippen LogP contribution is 2.29. The normalized spacial score (nSPS) is 35.8. The Balaban J connectivity index is 2.05. The summed E-state index contributed by atoms with van der Waals surface area (Å²) in [5, 5.41) is 3.16. The fourth-order valence-electron chi connectivity index (χ4n) is 3.43. The molecule has 2 rings (SSSR count). The van der Waals surface area contributed by atoms with Crippen molar-refractivity contribution in [2.24, 2.45) is 5.92 Å². The Bertz CT molecular complexity index is 267. The summed E-state index contributed by atoms with van der Waals surface area (Å²) in [4.78, 5) is 14.6. The molecule has 1 saturated carbocycles. The summed E-state index contributed by atoms with van der Waals surface area (Å²) in [5.74, 6) is 1.02. The number of carbonyl (C=O) groups is 1. The van der Waals surface area contributed by atoms with Gasteiger partial charge in [0.2, 0.25) is 5.91 Å². The minimum Gasteiger partial charge on any atom is -0.338 e. The Kier molecular flexibility index (Phi) is 4.43. The summed E-state index contributed by atoms with van der Waals surface area (Å²) in [6.45, 7) is 3.30. The summed E-state index contributed by atoms with van der Waals surface area (Å²) in [6.07, 6.45) is 8.64. The zero-order valence-electron chi connectivity index (χ0n) is 11.2. The fourth-order valence-corrected chi connectivity index (χ4v) is 3.43. The van der Waals surface area contributed by atoms with Crippen LogP contribution in [0.5, 0.6) is 0 Å². The van der Waals surface area contributed by atoms with Crippen LogP contribution in [0.15, 0.2) is 0 Å². The van der Waals surface area contributed by atoms with Crippen molar-refractivity contribution < 1.29 is 4.79 Å². The third-order valence-electron chi connectivity index (χ3n) is 4.54. The van der Waals surface area contributed by atoms with Crippen LogP contribution in [0.25, 0.3) is 0 Å². The largest absolute Gasteiger partial charge is 0.338 e. The molecule has 0 bridgehead atoms. The highest BCUT2D eigenvalue weighted by molar-refractivity contribution is 5.82. The zero-order chi connectivity index (χ0) is 12.3. The van der Waals surface area contributed by atoms with Crippen LogP contribution in [0, 0.1) is 5.92 Å². The van der Waals surface area contributed by atoms with Gasteiger partial charge in [0.05, 0.1) is 6.04 Å². The van der Waals surface area contributed by atoms with E-state index in [0.717, 1.165) is 19.4 Å². The van der Waals surface area contributed by atoms with Gasteiger partial charge in [0.15, 0.2) is 0 Å². The maximum absolute atomic E-state index is 12.4. The van der Waals surface area contributed by atoms with Gasteiger partial charge in [-0.05, 0) is 38.6 Å². The highest BCUT2D eigenvalue weighted by atomic mass is 16.2. The Morgan fingerprint density at radius 2 is 1.88 bits per heavy atom. The summed E-state index contributed by atoms with van der Waals surface area (Å²) < 4.78 is 0. The van der Waals surface area contributed by atoms with Gasteiger partial charge in [-0.2, -0.15) is 0 Å². The number of piperidine rings is 1. The predicted molar refractivity (Wildman–Crippen MR) is 69.8 cm³/mol. The minimum absolute atomic E-state index is 0.0687. The molecule has 0 aromatic carbocycles. The van der Waals surface area contributed by atoms with Gasteiger partial charge in [0.25, 0.3) is 0 Å². The number of carbonyl (C=O) groups excluding carboxylic acids is 1. The van der Waals surface area contributed by atoms with Crippen molar-refractivity contribution in [3.63, 3.8) is 0 Å². The summed E-state index contributed by atoms with van der Waals surface area (Å²) in [5.41, 5.74) is 0. The molecular weight excluding hydrogens is 212 g/mol. The summed E-state index contributed by atoms with van der Waals surface area (Å²) in [6, 6.07) is 0.570. The lowest BCUT2D eigenvalue weighted by molar-refractivity contribution is -0.139. The lowest BCUT2D eigenvalue weighted by Crippen LogP contribution is -2.54. The molecule has 3 unspecified atom stereocenters. The predicted octanol–water partition coefficient (Wildman–Crippen LogP) is 2.17. The molecule has 0 aromatic heterocycles. The molecule has 0 radical (unpaired) electrons. The zero-order valence-corrected chi connectivity index (χ0v) is 11.2. The number of hydrogen-bond acceptors (Lipinski definition) is 2. The maximum Gasteiger partial charge on any atom is 0.239 e. The number of likely N-dealkylation sites (N-methyl/N-ethyl adjacent to an activating group) is 1. The van der Waals surface area contributed by atoms with E-state index in [1.807, 2.05) is 7.05 Å². The van der Waals surface area contributed by atoms with E-state index in [0.29, 0.717) is 17.9 Å². The molecule has 98 valence electrons. The third-order valence-corrected chi connectivity index (χ3v) is 4.54. The Morgan fingerprint density at radius 3 is 2.65 bits per heavy atom. The first kappa shape index (κ1) is 12.9. The molecule has 2 fully saturated rings. The lowest BCUT2D eigenvalue weighted by Gasteiger charge is -2.40. The van der Waals surface area contributed by atoms with Gasteiger partial charge in [-0.25, -0.2) is 0 Å². The molecule has 3 atom stereocenters. The van der Waals surface area contributed by atoms with Gasteiger partial charge in [-0.15, -0.1) is 0 Å². The van der Waals surface area contributed by atoms with Crippen molar-refractivity contribution in [2.75, 3.05) is 13.6 Å². The molecule has 1 N–H and O–H groups in total. The van der Waals surface area contributed by atoms with Crippen LogP contribution >= 0.6 is 0 Å². The number of likely N-dealkylation sites (tertiary alicyclic amines) is 1. The molecule has 1 amide bonds. The average molecular weight is 238 g/mol. The van der Waals surface area contributed by atoms with E-state index in [1.54, 1.807) is 0 Å². The third kappa shape index (κ3) is 2.82. The van der Waals surface area contributed by atoms with Gasteiger partial charge >= 0.3 is 0 Å². The molecule has 3 nitrogen and oxygen atoms in total. The maximum atomic E-state index is 12.4. The molecule has 0 spiro atoms. The van der Waals surface area contributed by atoms with Gasteiger partial charge in [-0.1, -0.05) is 26.2 Å². The van der Waals surface area contributed by atoms with E-state index < -0.39 is 0 Å². The topological polar surface area (TPSA) is 32.3 Å². The standard InChI is InChI=1S/C14H26N2O/c1-11-7-4-3-5-9-13(11)16-10-6-8-12(15-2)14(16)17/h11-13,15H,3-10H2,1-2H3. The highest BCUT2D eigenvalue weighted by Gasteiger charge is 2.34. The molecule has 2 aliphatic rings. The lowest BCUT2D eigenvalue weighted by atomic mass is 9.92. The van der Waals surface area contributed by atoms with Crippen LogP contribution in [-0.4, -0.2) is 36.5 Å². The van der Waals surface area contributed by atoms with Crippen molar-refractivity contribution in [3.05, 3.63) is 0 Å². The molecule has 0 aromatic rings.